The summed E-state index contributed by atoms with van der Waals surface area (Å²) < 4.78 is 26.3. The Balaban J connectivity index is 1.35. The number of carbonyl (C=O) groups excluding carboxylic acids is 1. The number of hydrogen-bond acceptors (Lipinski definition) is 6. The number of benzene rings is 2. The summed E-state index contributed by atoms with van der Waals surface area (Å²) in [4.78, 5) is 24.6. The highest BCUT2D eigenvalue weighted by Gasteiger charge is 2.08. The zero-order chi connectivity index (χ0) is 21.6. The average Bonchev–Trinajstić information content (AvgIpc) is 3.21. The molecule has 0 radical (unpaired) electrons. The first-order valence-corrected chi connectivity index (χ1v) is 9.36. The van der Waals surface area contributed by atoms with Crippen molar-refractivity contribution in [3.05, 3.63) is 85.0 Å². The third kappa shape index (κ3) is 5.02. The third-order valence-corrected chi connectivity index (χ3v) is 4.26. The Hall–Kier alpha value is -4.27. The Labute approximate surface area is 177 Å². The molecule has 1 amide bonds. The van der Waals surface area contributed by atoms with Crippen molar-refractivity contribution in [2.45, 2.75) is 6.92 Å². The van der Waals surface area contributed by atoms with E-state index in [1.54, 1.807) is 54.9 Å². The normalized spacial score (nSPS) is 10.5. The summed E-state index contributed by atoms with van der Waals surface area (Å²) in [6, 6.07) is 14.3. The van der Waals surface area contributed by atoms with Gasteiger partial charge in [-0.05, 0) is 43.3 Å². The number of aryl methyl sites for hydroxylation is 1. The second kappa shape index (κ2) is 9.04. The van der Waals surface area contributed by atoms with E-state index in [0.29, 0.717) is 23.1 Å². The summed E-state index contributed by atoms with van der Waals surface area (Å²) in [6.45, 7) is 1.56. The Morgan fingerprint density at radius 1 is 1.10 bits per heavy atom. The lowest BCUT2D eigenvalue weighted by Gasteiger charge is -2.10. The summed E-state index contributed by atoms with van der Waals surface area (Å²) in [6.07, 6.45) is 4.90. The highest BCUT2D eigenvalue weighted by atomic mass is 19.1. The molecule has 1 N–H and O–H groups in total. The van der Waals surface area contributed by atoms with Gasteiger partial charge in [0, 0.05) is 24.1 Å². The number of rotatable bonds is 7. The minimum absolute atomic E-state index is 0.0245. The molecular formula is C22H18FN5O3. The van der Waals surface area contributed by atoms with E-state index in [0.717, 1.165) is 5.82 Å². The number of hydrogen-bond donors (Lipinski definition) is 1. The van der Waals surface area contributed by atoms with Gasteiger partial charge < -0.3 is 14.8 Å². The van der Waals surface area contributed by atoms with Gasteiger partial charge in [-0.25, -0.2) is 19.3 Å². The second-order valence-corrected chi connectivity index (χ2v) is 6.45. The molecule has 2 heterocycles. The lowest BCUT2D eigenvalue weighted by atomic mass is 10.3. The fourth-order valence-electron chi connectivity index (χ4n) is 2.77. The van der Waals surface area contributed by atoms with Crippen LogP contribution in [0.1, 0.15) is 5.82 Å². The van der Waals surface area contributed by atoms with Crippen molar-refractivity contribution in [3.8, 4) is 23.2 Å². The molecular weight excluding hydrogens is 401 g/mol. The molecule has 0 aliphatic carbocycles. The summed E-state index contributed by atoms with van der Waals surface area (Å²) in [5.74, 6) is 1.43. The van der Waals surface area contributed by atoms with Crippen LogP contribution in [-0.2, 0) is 4.79 Å². The third-order valence-electron chi connectivity index (χ3n) is 4.26. The number of para-hydroxylation sites is 1. The van der Waals surface area contributed by atoms with E-state index in [-0.39, 0.29) is 12.4 Å². The molecule has 0 bridgehead atoms. The van der Waals surface area contributed by atoms with Crippen molar-refractivity contribution in [2.24, 2.45) is 0 Å². The molecule has 0 unspecified atom stereocenters. The smallest absolute Gasteiger partial charge is 0.262 e. The zero-order valence-corrected chi connectivity index (χ0v) is 16.5. The second-order valence-electron chi connectivity index (χ2n) is 6.45. The first-order valence-electron chi connectivity index (χ1n) is 9.36. The van der Waals surface area contributed by atoms with Crippen molar-refractivity contribution in [1.29, 1.82) is 0 Å². The largest absolute Gasteiger partial charge is 0.481 e. The molecule has 2 aromatic carbocycles. The number of anilines is 1. The highest BCUT2D eigenvalue weighted by molar-refractivity contribution is 5.91. The SMILES string of the molecule is Cc1nccn1-c1cc(Oc2ccc(NC(=O)COc3ccccc3F)cc2)ncn1. The number of carbonyl (C=O) groups is 1. The van der Waals surface area contributed by atoms with E-state index < -0.39 is 11.7 Å². The van der Waals surface area contributed by atoms with Crippen LogP contribution >= 0.6 is 0 Å². The van der Waals surface area contributed by atoms with Gasteiger partial charge in [-0.15, -0.1) is 0 Å². The number of nitrogens with zero attached hydrogens (tertiary/aromatic N) is 4. The van der Waals surface area contributed by atoms with Crippen molar-refractivity contribution in [3.63, 3.8) is 0 Å². The van der Waals surface area contributed by atoms with Gasteiger partial charge in [-0.1, -0.05) is 12.1 Å². The fourth-order valence-corrected chi connectivity index (χ4v) is 2.77. The molecule has 2 aromatic heterocycles. The Bertz CT molecular complexity index is 1190. The van der Waals surface area contributed by atoms with E-state index in [1.807, 2.05) is 11.5 Å². The van der Waals surface area contributed by atoms with Crippen molar-refractivity contribution in [1.82, 2.24) is 19.5 Å². The van der Waals surface area contributed by atoms with Gasteiger partial charge in [0.2, 0.25) is 5.88 Å². The Morgan fingerprint density at radius 2 is 1.90 bits per heavy atom. The molecule has 0 spiro atoms. The molecule has 0 atom stereocenters. The maximum Gasteiger partial charge on any atom is 0.262 e. The molecule has 0 fully saturated rings. The number of aromatic nitrogens is 4. The number of nitrogens with one attached hydrogen (secondary N) is 1. The van der Waals surface area contributed by atoms with Gasteiger partial charge in [-0.2, -0.15) is 0 Å². The molecule has 0 saturated carbocycles. The Kier molecular flexibility index (Phi) is 5.84. The van der Waals surface area contributed by atoms with Crippen LogP contribution < -0.4 is 14.8 Å². The lowest BCUT2D eigenvalue weighted by Crippen LogP contribution is -2.20. The van der Waals surface area contributed by atoms with Gasteiger partial charge in [-0.3, -0.25) is 9.36 Å². The topological polar surface area (TPSA) is 91.2 Å². The predicted octanol–water partition coefficient (Wildman–Crippen LogP) is 3.92. The van der Waals surface area contributed by atoms with Crippen LogP contribution in [0.3, 0.4) is 0 Å². The van der Waals surface area contributed by atoms with Crippen LogP contribution in [0, 0.1) is 12.7 Å². The Morgan fingerprint density at radius 3 is 2.65 bits per heavy atom. The lowest BCUT2D eigenvalue weighted by molar-refractivity contribution is -0.118. The van der Waals surface area contributed by atoms with Crippen molar-refractivity contribution in [2.75, 3.05) is 11.9 Å². The van der Waals surface area contributed by atoms with Gasteiger partial charge in [0.1, 0.15) is 23.7 Å². The average molecular weight is 419 g/mol. The highest BCUT2D eigenvalue weighted by Crippen LogP contribution is 2.23. The predicted molar refractivity (Wildman–Crippen MR) is 111 cm³/mol. The number of imidazole rings is 1. The van der Waals surface area contributed by atoms with Gasteiger partial charge in [0.25, 0.3) is 5.91 Å². The summed E-state index contributed by atoms with van der Waals surface area (Å²) >= 11 is 0. The van der Waals surface area contributed by atoms with E-state index in [4.69, 9.17) is 9.47 Å². The number of ether oxygens (including phenoxy) is 2. The maximum atomic E-state index is 13.5. The first kappa shape index (κ1) is 20.0. The van der Waals surface area contributed by atoms with Gasteiger partial charge >= 0.3 is 0 Å². The monoisotopic (exact) mass is 419 g/mol. The quantitative estimate of drug-likeness (QED) is 0.488. The van der Waals surface area contributed by atoms with Crippen LogP contribution in [0.4, 0.5) is 10.1 Å². The minimum atomic E-state index is -0.520. The first-order chi connectivity index (χ1) is 15.1. The zero-order valence-electron chi connectivity index (χ0n) is 16.5. The molecule has 31 heavy (non-hydrogen) atoms. The molecule has 0 aliphatic rings. The summed E-state index contributed by atoms with van der Waals surface area (Å²) in [5.41, 5.74) is 0.548. The van der Waals surface area contributed by atoms with Crippen LogP contribution in [0.15, 0.2) is 73.3 Å². The molecule has 9 heteroatoms. The molecule has 4 rings (SSSR count). The number of amides is 1. The maximum absolute atomic E-state index is 13.5. The van der Waals surface area contributed by atoms with E-state index in [1.165, 1.54) is 18.5 Å². The van der Waals surface area contributed by atoms with Gasteiger partial charge in [0.15, 0.2) is 18.2 Å². The van der Waals surface area contributed by atoms with Crippen LogP contribution in [0.25, 0.3) is 5.82 Å². The molecule has 8 nitrogen and oxygen atoms in total. The van der Waals surface area contributed by atoms with Gasteiger partial charge in [0.05, 0.1) is 0 Å². The molecule has 4 aromatic rings. The van der Waals surface area contributed by atoms with E-state index in [2.05, 4.69) is 20.3 Å². The summed E-state index contributed by atoms with van der Waals surface area (Å²) in [7, 11) is 0. The minimum Gasteiger partial charge on any atom is -0.481 e. The van der Waals surface area contributed by atoms with Crippen molar-refractivity contribution >= 4 is 11.6 Å². The molecule has 156 valence electrons. The van der Waals surface area contributed by atoms with E-state index in [9.17, 15) is 9.18 Å². The number of halogens is 1. The molecule has 0 aliphatic heterocycles. The van der Waals surface area contributed by atoms with Crippen LogP contribution in [-0.4, -0.2) is 32.0 Å². The fraction of sp³-hybridized carbons (Fsp3) is 0.0909. The van der Waals surface area contributed by atoms with Crippen molar-refractivity contribution < 1.29 is 18.7 Å². The molecule has 0 saturated heterocycles. The van der Waals surface area contributed by atoms with Crippen LogP contribution in [0.2, 0.25) is 0 Å². The standard InChI is InChI=1S/C22H18FN5O3/c1-15-24-10-11-28(15)20-12-22(26-14-25-20)31-17-8-6-16(7-9-17)27-21(29)13-30-19-5-3-2-4-18(19)23/h2-12,14H,13H2,1H3,(H,27,29). The summed E-state index contributed by atoms with van der Waals surface area (Å²) in [5, 5.41) is 2.68. The van der Waals surface area contributed by atoms with Crippen LogP contribution in [0.5, 0.6) is 17.4 Å². The van der Waals surface area contributed by atoms with E-state index >= 15 is 0 Å².